The SMILES string of the molecule is CN[C@H]1[C@@H](O[C@H]2O[C@H](CO)[C@@H](O)[C@H](O)[C@H]2O)O[C@H]2C[C@@H](N)[C@@H](O[C@H]3[C@H](O)[C@@H](O)[C@H](N)C[C@@H]3NCCO)O[C@@H]2[C@H]1O. The average molecular weight is 585 g/mol. The maximum Gasteiger partial charge on any atom is 0.189 e. The number of likely N-dealkylation sites (N-methyl/N-ethyl adjacent to an activating group) is 1. The van der Waals surface area contributed by atoms with Crippen molar-refractivity contribution >= 4 is 0 Å². The number of nitrogens with one attached hydrogen (secondary N) is 2. The van der Waals surface area contributed by atoms with E-state index in [-0.39, 0.29) is 26.0 Å². The van der Waals surface area contributed by atoms with Gasteiger partial charge in [0.05, 0.1) is 37.5 Å². The Labute approximate surface area is 230 Å². The zero-order valence-electron chi connectivity index (χ0n) is 22.1. The minimum atomic E-state index is -1.67. The molecular formula is C23H44N4O13. The van der Waals surface area contributed by atoms with Crippen LogP contribution in [0.15, 0.2) is 0 Å². The first-order valence-corrected chi connectivity index (χ1v) is 13.5. The summed E-state index contributed by atoms with van der Waals surface area (Å²) < 4.78 is 29.3. The summed E-state index contributed by atoms with van der Waals surface area (Å²) >= 11 is 0. The van der Waals surface area contributed by atoms with E-state index in [9.17, 15) is 40.9 Å². The highest BCUT2D eigenvalue weighted by Crippen LogP contribution is 2.35. The highest BCUT2D eigenvalue weighted by Gasteiger charge is 2.54. The van der Waals surface area contributed by atoms with Crippen LogP contribution in [-0.4, -0.2) is 172 Å². The Morgan fingerprint density at radius 3 is 2.12 bits per heavy atom. The van der Waals surface area contributed by atoms with Crippen molar-refractivity contribution in [2.45, 2.75) is 117 Å². The Bertz CT molecular complexity index is 802. The molecule has 4 rings (SSSR count). The van der Waals surface area contributed by atoms with Crippen molar-refractivity contribution in [2.75, 3.05) is 26.8 Å². The van der Waals surface area contributed by atoms with Gasteiger partial charge in [-0.15, -0.1) is 0 Å². The Morgan fingerprint density at radius 1 is 0.750 bits per heavy atom. The molecule has 3 heterocycles. The van der Waals surface area contributed by atoms with E-state index < -0.39 is 111 Å². The molecule has 40 heavy (non-hydrogen) atoms. The summed E-state index contributed by atoms with van der Waals surface area (Å²) in [4.78, 5) is 0. The van der Waals surface area contributed by atoms with Crippen LogP contribution in [0.3, 0.4) is 0 Å². The molecule has 3 saturated heterocycles. The van der Waals surface area contributed by atoms with E-state index in [2.05, 4.69) is 10.6 Å². The van der Waals surface area contributed by atoms with Crippen LogP contribution in [0.4, 0.5) is 0 Å². The van der Waals surface area contributed by atoms with Crippen molar-refractivity contribution < 1.29 is 64.5 Å². The molecule has 0 amide bonds. The topological polar surface area (TPSA) is 284 Å². The molecule has 0 aromatic carbocycles. The Morgan fingerprint density at radius 2 is 1.48 bits per heavy atom. The van der Waals surface area contributed by atoms with Gasteiger partial charge in [-0.2, -0.15) is 0 Å². The number of aliphatic hydroxyl groups excluding tert-OH is 8. The standard InChI is InChI=1S/C23H44N4O13/c1-26-12-15(32)20-10(36-22(12)40-23-18(35)16(33)14(31)11(6-29)37-23)5-8(25)21(39-20)38-19-9(27-2-3-28)4-7(24)13(30)17(19)34/h7-23,26-35H,2-6,24-25H2,1H3/t7-,8-,9+,10+,11-,12-,13+,14-,15+,16+,17-,18-,19-,20+,21+,22-,23-/m1/s1. The summed E-state index contributed by atoms with van der Waals surface area (Å²) in [6.45, 7) is -0.603. The average Bonchev–Trinajstić information content (AvgIpc) is 2.93. The minimum absolute atomic E-state index is 0.122. The lowest BCUT2D eigenvalue weighted by Crippen LogP contribution is -2.70. The lowest BCUT2D eigenvalue weighted by atomic mass is 9.84. The molecule has 0 bridgehead atoms. The Hall–Kier alpha value is -0.680. The fourth-order valence-corrected chi connectivity index (χ4v) is 5.81. The van der Waals surface area contributed by atoms with Crippen LogP contribution >= 0.6 is 0 Å². The van der Waals surface area contributed by atoms with Gasteiger partial charge in [-0.1, -0.05) is 0 Å². The van der Waals surface area contributed by atoms with E-state index in [0.717, 1.165) is 0 Å². The largest absolute Gasteiger partial charge is 0.395 e. The first-order chi connectivity index (χ1) is 19.0. The second-order valence-corrected chi connectivity index (χ2v) is 10.8. The number of rotatable bonds is 9. The minimum Gasteiger partial charge on any atom is -0.395 e. The third-order valence-corrected chi connectivity index (χ3v) is 8.13. The number of fused-ring (bicyclic) bond motifs is 1. The van der Waals surface area contributed by atoms with Crippen molar-refractivity contribution in [3.63, 3.8) is 0 Å². The number of ether oxygens (including phenoxy) is 5. The van der Waals surface area contributed by atoms with Gasteiger partial charge in [-0.25, -0.2) is 0 Å². The second kappa shape index (κ2) is 13.7. The molecule has 0 radical (unpaired) electrons. The predicted molar refractivity (Wildman–Crippen MR) is 132 cm³/mol. The molecule has 1 aliphatic carbocycles. The molecule has 4 fully saturated rings. The van der Waals surface area contributed by atoms with Crippen molar-refractivity contribution in [1.29, 1.82) is 0 Å². The van der Waals surface area contributed by atoms with Crippen LogP contribution in [0, 0.1) is 0 Å². The number of aliphatic hydroxyl groups is 8. The first kappa shape index (κ1) is 32.2. The van der Waals surface area contributed by atoms with Crippen LogP contribution in [0.25, 0.3) is 0 Å². The van der Waals surface area contributed by atoms with Crippen LogP contribution in [0.5, 0.6) is 0 Å². The van der Waals surface area contributed by atoms with Gasteiger partial charge < -0.3 is 86.6 Å². The molecule has 0 aromatic heterocycles. The lowest BCUT2D eigenvalue weighted by Gasteiger charge is -2.51. The predicted octanol–water partition coefficient (Wildman–Crippen LogP) is -7.29. The Balaban J connectivity index is 1.44. The van der Waals surface area contributed by atoms with Gasteiger partial charge in [0.25, 0.3) is 0 Å². The van der Waals surface area contributed by atoms with E-state index in [0.29, 0.717) is 0 Å². The molecule has 14 N–H and O–H groups in total. The molecule has 1 saturated carbocycles. The summed E-state index contributed by atoms with van der Waals surface area (Å²) in [5.41, 5.74) is 12.3. The highest BCUT2D eigenvalue weighted by molar-refractivity contribution is 5.02. The molecule has 17 heteroatoms. The van der Waals surface area contributed by atoms with Gasteiger partial charge >= 0.3 is 0 Å². The highest BCUT2D eigenvalue weighted by atomic mass is 16.8. The summed E-state index contributed by atoms with van der Waals surface area (Å²) in [6.07, 6.45) is -16.2. The molecule has 0 aromatic rings. The van der Waals surface area contributed by atoms with E-state index in [1.807, 2.05) is 0 Å². The fraction of sp³-hybridized carbons (Fsp3) is 1.00. The molecule has 3 aliphatic heterocycles. The van der Waals surface area contributed by atoms with E-state index in [1.54, 1.807) is 0 Å². The third-order valence-electron chi connectivity index (χ3n) is 8.13. The number of hydrogen-bond acceptors (Lipinski definition) is 17. The molecular weight excluding hydrogens is 540 g/mol. The maximum absolute atomic E-state index is 11.2. The molecule has 234 valence electrons. The number of hydrogen-bond donors (Lipinski definition) is 12. The molecule has 17 nitrogen and oxygen atoms in total. The fourth-order valence-electron chi connectivity index (χ4n) is 5.81. The van der Waals surface area contributed by atoms with Crippen LogP contribution in [0.1, 0.15) is 12.8 Å². The van der Waals surface area contributed by atoms with Crippen molar-refractivity contribution in [3.8, 4) is 0 Å². The molecule has 17 atom stereocenters. The summed E-state index contributed by atoms with van der Waals surface area (Å²) in [5, 5.41) is 87.3. The normalized spacial score (nSPS) is 51.8. The van der Waals surface area contributed by atoms with Crippen LogP contribution in [-0.2, 0) is 23.7 Å². The van der Waals surface area contributed by atoms with E-state index in [1.165, 1.54) is 7.05 Å². The quantitative estimate of drug-likeness (QED) is 0.120. The first-order valence-electron chi connectivity index (χ1n) is 13.5. The van der Waals surface area contributed by atoms with Gasteiger partial charge in [0.2, 0.25) is 0 Å². The van der Waals surface area contributed by atoms with Gasteiger partial charge in [0, 0.05) is 18.6 Å². The molecule has 0 spiro atoms. The lowest BCUT2D eigenvalue weighted by molar-refractivity contribution is -0.379. The van der Waals surface area contributed by atoms with Crippen LogP contribution in [0.2, 0.25) is 0 Å². The van der Waals surface area contributed by atoms with Crippen molar-refractivity contribution in [2.24, 2.45) is 11.5 Å². The molecule has 0 unspecified atom stereocenters. The summed E-state index contributed by atoms with van der Waals surface area (Å²) in [6, 6.07) is -2.97. The van der Waals surface area contributed by atoms with Crippen molar-refractivity contribution in [3.05, 3.63) is 0 Å². The van der Waals surface area contributed by atoms with Gasteiger partial charge in [0.15, 0.2) is 18.9 Å². The third kappa shape index (κ3) is 6.46. The number of nitrogens with two attached hydrogens (primary N) is 2. The molecule has 4 aliphatic rings. The monoisotopic (exact) mass is 584 g/mol. The summed E-state index contributed by atoms with van der Waals surface area (Å²) in [5.74, 6) is 0. The van der Waals surface area contributed by atoms with E-state index >= 15 is 0 Å². The Kier molecular flexibility index (Phi) is 11.1. The zero-order chi connectivity index (χ0) is 29.3. The van der Waals surface area contributed by atoms with E-state index in [4.69, 9.17) is 35.2 Å². The zero-order valence-corrected chi connectivity index (χ0v) is 22.1. The summed E-state index contributed by atoms with van der Waals surface area (Å²) in [7, 11) is 1.53. The van der Waals surface area contributed by atoms with Crippen molar-refractivity contribution in [1.82, 2.24) is 10.6 Å². The maximum atomic E-state index is 11.2. The van der Waals surface area contributed by atoms with Gasteiger partial charge in [0.1, 0.15) is 48.8 Å². The second-order valence-electron chi connectivity index (χ2n) is 10.8. The van der Waals surface area contributed by atoms with Gasteiger partial charge in [-0.05, 0) is 19.9 Å². The van der Waals surface area contributed by atoms with Crippen LogP contribution < -0.4 is 22.1 Å². The smallest absolute Gasteiger partial charge is 0.189 e. The van der Waals surface area contributed by atoms with Gasteiger partial charge in [-0.3, -0.25) is 0 Å².